The molecule has 0 saturated carbocycles. The highest BCUT2D eigenvalue weighted by molar-refractivity contribution is 5.76. The Morgan fingerprint density at radius 2 is 1.88 bits per heavy atom. The van der Waals surface area contributed by atoms with Crippen LogP contribution >= 0.6 is 0 Å². The minimum absolute atomic E-state index is 0.0143. The minimum Gasteiger partial charge on any atom is -0.466 e. The molecule has 2 aliphatic heterocycles. The molecular formula is C26H38N2O5. The normalized spacial score (nSPS) is 21.0. The molecule has 0 aromatic heterocycles. The fourth-order valence-electron chi connectivity index (χ4n) is 4.19. The van der Waals surface area contributed by atoms with E-state index >= 15 is 0 Å². The Morgan fingerprint density at radius 3 is 2.45 bits per heavy atom. The van der Waals surface area contributed by atoms with Crippen molar-refractivity contribution in [2.45, 2.75) is 58.4 Å². The molecule has 2 aliphatic rings. The first-order valence-electron chi connectivity index (χ1n) is 11.9. The number of amides is 1. The van der Waals surface area contributed by atoms with E-state index in [1.54, 1.807) is 6.92 Å². The van der Waals surface area contributed by atoms with Crippen LogP contribution in [0.3, 0.4) is 0 Å². The summed E-state index contributed by atoms with van der Waals surface area (Å²) >= 11 is 0. The number of terminal acetylenes is 1. The Kier molecular flexibility index (Phi) is 11.0. The average molecular weight is 459 g/mol. The number of hydrogen-bond acceptors (Lipinski definition) is 6. The Hall–Kier alpha value is -2.72. The second-order valence-electron chi connectivity index (χ2n) is 8.40. The van der Waals surface area contributed by atoms with Crippen molar-refractivity contribution in [1.29, 1.82) is 0 Å². The predicted molar refractivity (Wildman–Crippen MR) is 128 cm³/mol. The van der Waals surface area contributed by atoms with Crippen LogP contribution in [-0.4, -0.2) is 68.3 Å². The summed E-state index contributed by atoms with van der Waals surface area (Å²) in [5, 5.41) is 0. The number of unbranched alkanes of at least 4 members (excludes halogenated alkanes) is 2. The quantitative estimate of drug-likeness (QED) is 0.303. The summed E-state index contributed by atoms with van der Waals surface area (Å²) in [4.78, 5) is 26.7. The van der Waals surface area contributed by atoms with Gasteiger partial charge in [-0.15, -0.1) is 6.42 Å². The Balaban J connectivity index is 0.000000299. The van der Waals surface area contributed by atoms with Gasteiger partial charge in [0, 0.05) is 25.6 Å². The Morgan fingerprint density at radius 1 is 1.21 bits per heavy atom. The molecule has 7 nitrogen and oxygen atoms in total. The predicted octanol–water partition coefficient (Wildman–Crippen LogP) is 3.67. The lowest BCUT2D eigenvalue weighted by atomic mass is 9.85. The second-order valence-corrected chi connectivity index (χ2v) is 8.40. The molecular weight excluding hydrogens is 420 g/mol. The number of esters is 1. The van der Waals surface area contributed by atoms with Crippen LogP contribution in [0.25, 0.3) is 0 Å². The van der Waals surface area contributed by atoms with Crippen LogP contribution in [0.15, 0.2) is 18.2 Å². The highest BCUT2D eigenvalue weighted by Crippen LogP contribution is 2.41. The molecule has 7 heteroatoms. The lowest BCUT2D eigenvalue weighted by Gasteiger charge is -2.20. The van der Waals surface area contributed by atoms with Crippen molar-refractivity contribution in [3.63, 3.8) is 0 Å². The van der Waals surface area contributed by atoms with Gasteiger partial charge in [-0.05, 0) is 44.5 Å². The number of likely N-dealkylation sites (tertiary alicyclic amines) is 1. The fourth-order valence-corrected chi connectivity index (χ4v) is 4.19. The van der Waals surface area contributed by atoms with E-state index < -0.39 is 0 Å². The topological polar surface area (TPSA) is 68.3 Å². The van der Waals surface area contributed by atoms with E-state index in [1.165, 1.54) is 0 Å². The number of rotatable bonds is 10. The first kappa shape index (κ1) is 26.5. The molecule has 0 radical (unpaired) electrons. The maximum absolute atomic E-state index is 12.4. The lowest BCUT2D eigenvalue weighted by molar-refractivity contribution is -0.148. The third-order valence-corrected chi connectivity index (χ3v) is 6.03. The van der Waals surface area contributed by atoms with Crippen LogP contribution < -0.4 is 9.47 Å². The van der Waals surface area contributed by atoms with E-state index in [1.807, 2.05) is 35.0 Å². The monoisotopic (exact) mass is 458 g/mol. The second kappa shape index (κ2) is 13.7. The van der Waals surface area contributed by atoms with Gasteiger partial charge in [0.15, 0.2) is 11.5 Å². The summed E-state index contributed by atoms with van der Waals surface area (Å²) in [7, 11) is 1.93. The Labute approximate surface area is 198 Å². The van der Waals surface area contributed by atoms with Crippen LogP contribution in [0.4, 0.5) is 0 Å². The minimum atomic E-state index is -0.365. The molecule has 3 rings (SSSR count). The first-order chi connectivity index (χ1) is 16.0. The van der Waals surface area contributed by atoms with Gasteiger partial charge in [-0.3, -0.25) is 14.5 Å². The van der Waals surface area contributed by atoms with Gasteiger partial charge in [-0.25, -0.2) is 0 Å². The number of nitrogens with zero attached hydrogens (tertiary/aromatic N) is 2. The van der Waals surface area contributed by atoms with E-state index in [2.05, 4.69) is 19.8 Å². The summed E-state index contributed by atoms with van der Waals surface area (Å²) in [5.41, 5.74) is 1.02. The summed E-state index contributed by atoms with van der Waals surface area (Å²) < 4.78 is 16.0. The summed E-state index contributed by atoms with van der Waals surface area (Å²) in [6.07, 6.45) is 11.2. The molecule has 1 aromatic carbocycles. The standard InChI is InChI=1S/C17H19NO4.C9H19NO/c1-4-13-16(17(19)20-5-2)12(9-18(13)3)11-6-7-14-15(8-11)22-10-21-14;1-3-5-7-10(9-11)8-6-4-2/h1,6-8,12-13,16H,5,9-10H2,2-3H3;9H,3-8H2,1-2H3. The molecule has 2 heterocycles. The number of fused-ring (bicyclic) bond motifs is 1. The number of hydrogen-bond donors (Lipinski definition) is 0. The van der Waals surface area contributed by atoms with E-state index in [-0.39, 0.29) is 30.6 Å². The van der Waals surface area contributed by atoms with Crippen molar-refractivity contribution in [2.24, 2.45) is 5.92 Å². The highest BCUT2D eigenvalue weighted by Gasteiger charge is 2.45. The molecule has 1 fully saturated rings. The molecule has 182 valence electrons. The molecule has 1 amide bonds. The van der Waals surface area contributed by atoms with Crippen molar-refractivity contribution >= 4 is 12.4 Å². The van der Waals surface area contributed by atoms with Crippen LogP contribution in [0, 0.1) is 18.3 Å². The lowest BCUT2D eigenvalue weighted by Crippen LogP contribution is -2.33. The van der Waals surface area contributed by atoms with Crippen molar-refractivity contribution in [3.05, 3.63) is 23.8 Å². The SMILES string of the molecule is C#CC1C(C(=O)OCC)C(c2ccc3c(c2)OCO3)CN1C.CCCCN(C=O)CCCC. The van der Waals surface area contributed by atoms with E-state index in [4.69, 9.17) is 20.6 Å². The van der Waals surface area contributed by atoms with Crippen molar-refractivity contribution < 1.29 is 23.8 Å². The van der Waals surface area contributed by atoms with Crippen LogP contribution in [0.1, 0.15) is 57.9 Å². The fraction of sp³-hybridized carbons (Fsp3) is 0.615. The Bertz CT molecular complexity index is 798. The molecule has 1 aromatic rings. The molecule has 33 heavy (non-hydrogen) atoms. The highest BCUT2D eigenvalue weighted by atomic mass is 16.7. The van der Waals surface area contributed by atoms with Gasteiger partial charge in [0.2, 0.25) is 13.2 Å². The zero-order valence-corrected chi connectivity index (χ0v) is 20.4. The smallest absolute Gasteiger partial charge is 0.312 e. The van der Waals surface area contributed by atoms with E-state index in [9.17, 15) is 9.59 Å². The maximum atomic E-state index is 12.4. The van der Waals surface area contributed by atoms with Gasteiger partial charge in [0.05, 0.1) is 18.6 Å². The molecule has 3 atom stereocenters. The van der Waals surface area contributed by atoms with Crippen molar-refractivity contribution in [2.75, 3.05) is 40.1 Å². The number of likely N-dealkylation sites (N-methyl/N-ethyl adjacent to an activating group) is 1. The zero-order valence-electron chi connectivity index (χ0n) is 20.4. The third-order valence-electron chi connectivity index (χ3n) is 6.03. The van der Waals surface area contributed by atoms with Crippen molar-refractivity contribution in [3.8, 4) is 23.8 Å². The number of carbonyl (C=O) groups is 2. The van der Waals surface area contributed by atoms with Gasteiger partial charge in [-0.1, -0.05) is 38.7 Å². The van der Waals surface area contributed by atoms with E-state index in [0.29, 0.717) is 18.9 Å². The molecule has 0 aliphatic carbocycles. The van der Waals surface area contributed by atoms with Crippen LogP contribution in [-0.2, 0) is 14.3 Å². The molecule has 1 saturated heterocycles. The third kappa shape index (κ3) is 7.13. The molecule has 0 spiro atoms. The van der Waals surface area contributed by atoms with Gasteiger partial charge in [-0.2, -0.15) is 0 Å². The van der Waals surface area contributed by atoms with Gasteiger partial charge >= 0.3 is 5.97 Å². The van der Waals surface area contributed by atoms with Gasteiger partial charge in [0.25, 0.3) is 0 Å². The summed E-state index contributed by atoms with van der Waals surface area (Å²) in [6.45, 7) is 9.24. The molecule has 3 unspecified atom stereocenters. The van der Waals surface area contributed by atoms with Crippen LogP contribution in [0.2, 0.25) is 0 Å². The largest absolute Gasteiger partial charge is 0.466 e. The number of carbonyl (C=O) groups excluding carboxylic acids is 2. The number of ether oxygens (including phenoxy) is 3. The summed E-state index contributed by atoms with van der Waals surface area (Å²) in [6, 6.07) is 5.53. The number of benzene rings is 1. The van der Waals surface area contributed by atoms with Crippen molar-refractivity contribution in [1.82, 2.24) is 9.80 Å². The van der Waals surface area contributed by atoms with Crippen LogP contribution in [0.5, 0.6) is 11.5 Å². The van der Waals surface area contributed by atoms with E-state index in [0.717, 1.165) is 56.5 Å². The molecule has 0 N–H and O–H groups in total. The average Bonchev–Trinajstić information content (AvgIpc) is 3.43. The molecule has 0 bridgehead atoms. The van der Waals surface area contributed by atoms with Gasteiger partial charge < -0.3 is 19.1 Å². The maximum Gasteiger partial charge on any atom is 0.312 e. The summed E-state index contributed by atoms with van der Waals surface area (Å²) in [5.74, 6) is 3.55. The van der Waals surface area contributed by atoms with Gasteiger partial charge in [0.1, 0.15) is 0 Å². The zero-order chi connectivity index (χ0) is 24.2. The first-order valence-corrected chi connectivity index (χ1v) is 11.9.